The van der Waals surface area contributed by atoms with Gasteiger partial charge in [-0.3, -0.25) is 4.79 Å². The van der Waals surface area contributed by atoms with E-state index in [1.54, 1.807) is 13.8 Å². The fourth-order valence-electron chi connectivity index (χ4n) is 2.72. The van der Waals surface area contributed by atoms with E-state index in [9.17, 15) is 18.0 Å². The third-order valence-electron chi connectivity index (χ3n) is 4.53. The van der Waals surface area contributed by atoms with E-state index < -0.39 is 23.0 Å². The highest BCUT2D eigenvalue weighted by Crippen LogP contribution is 2.36. The molecule has 0 saturated carbocycles. The van der Waals surface area contributed by atoms with Crippen LogP contribution >= 0.6 is 0 Å². The van der Waals surface area contributed by atoms with Crippen molar-refractivity contribution in [2.45, 2.75) is 45.8 Å². The van der Waals surface area contributed by atoms with Crippen molar-refractivity contribution < 1.29 is 22.7 Å². The van der Waals surface area contributed by atoms with Gasteiger partial charge in [0, 0.05) is 12.2 Å². The number of pyridine rings is 1. The third-order valence-corrected chi connectivity index (χ3v) is 4.53. The molecule has 1 N–H and O–H groups in total. The molecule has 1 aliphatic rings. The Morgan fingerprint density at radius 3 is 2.54 bits per heavy atom. The lowest BCUT2D eigenvalue weighted by Crippen LogP contribution is -2.49. The Morgan fingerprint density at radius 2 is 1.96 bits per heavy atom. The number of likely N-dealkylation sites (tertiary alicyclic amines) is 1. The second kappa shape index (κ2) is 7.82. The van der Waals surface area contributed by atoms with Gasteiger partial charge in [0.15, 0.2) is 0 Å². The highest BCUT2D eigenvalue weighted by atomic mass is 19.4. The Bertz CT molecular complexity index is 639. The summed E-state index contributed by atoms with van der Waals surface area (Å²) >= 11 is 0. The molecule has 0 unspecified atom stereocenters. The molecule has 1 aromatic heterocycles. The number of nitrogens with one attached hydrogen (secondary N) is 1. The molecule has 146 valence electrons. The monoisotopic (exact) mass is 373 g/mol. The summed E-state index contributed by atoms with van der Waals surface area (Å²) in [7, 11) is 2.03. The maximum Gasteiger partial charge on any atom is 0.421 e. The second-order valence-corrected chi connectivity index (χ2v) is 7.59. The van der Waals surface area contributed by atoms with Crippen LogP contribution in [-0.2, 0) is 11.0 Å². The Morgan fingerprint density at radius 1 is 1.35 bits per heavy atom. The fourth-order valence-corrected chi connectivity index (χ4v) is 2.72. The van der Waals surface area contributed by atoms with E-state index in [1.807, 2.05) is 7.05 Å². The van der Waals surface area contributed by atoms with Crippen molar-refractivity contribution in [3.8, 4) is 5.88 Å². The number of rotatable bonds is 5. The van der Waals surface area contributed by atoms with Crippen LogP contribution in [0.25, 0.3) is 0 Å². The van der Waals surface area contributed by atoms with E-state index in [0.29, 0.717) is 5.56 Å². The van der Waals surface area contributed by atoms with Crippen molar-refractivity contribution in [3.05, 3.63) is 23.4 Å². The zero-order valence-electron chi connectivity index (χ0n) is 15.6. The molecule has 1 fully saturated rings. The lowest BCUT2D eigenvalue weighted by atomic mass is 9.92. The summed E-state index contributed by atoms with van der Waals surface area (Å²) < 4.78 is 44.7. The van der Waals surface area contributed by atoms with Crippen molar-refractivity contribution in [3.63, 3.8) is 0 Å². The molecule has 0 bridgehead atoms. The highest BCUT2D eigenvalue weighted by molar-refractivity contribution is 5.82. The molecule has 0 aromatic carbocycles. The number of piperidine rings is 1. The molecule has 0 aliphatic carbocycles. The van der Waals surface area contributed by atoms with Gasteiger partial charge in [-0.1, -0.05) is 0 Å². The summed E-state index contributed by atoms with van der Waals surface area (Å²) in [6.07, 6.45) is -1.53. The summed E-state index contributed by atoms with van der Waals surface area (Å²) in [6, 6.07) is 1.08. The maximum atomic E-state index is 13.1. The summed E-state index contributed by atoms with van der Waals surface area (Å²) in [5.74, 6) is -0.726. The van der Waals surface area contributed by atoms with Crippen LogP contribution in [0, 0.1) is 12.3 Å². The minimum absolute atomic E-state index is 0.0845. The lowest BCUT2D eigenvalue weighted by molar-refractivity contribution is -0.139. The van der Waals surface area contributed by atoms with E-state index in [0.717, 1.165) is 32.0 Å². The van der Waals surface area contributed by atoms with Crippen LogP contribution in [0.5, 0.6) is 5.88 Å². The Labute approximate surface area is 151 Å². The Hall–Kier alpha value is -1.83. The van der Waals surface area contributed by atoms with Crippen LogP contribution in [0.3, 0.4) is 0 Å². The van der Waals surface area contributed by atoms with Gasteiger partial charge in [-0.2, -0.15) is 13.2 Å². The van der Waals surface area contributed by atoms with Crippen LogP contribution in [0.1, 0.15) is 37.8 Å². The van der Waals surface area contributed by atoms with Gasteiger partial charge in [-0.25, -0.2) is 4.98 Å². The minimum Gasteiger partial charge on any atom is -0.476 e. The number of aryl methyl sites for hydroxylation is 1. The number of halogens is 3. The normalized spacial score (nSPS) is 17.2. The number of carbonyl (C=O) groups excluding carboxylic acids is 1. The van der Waals surface area contributed by atoms with E-state index in [4.69, 9.17) is 4.74 Å². The van der Waals surface area contributed by atoms with Gasteiger partial charge in [0.1, 0.15) is 12.2 Å². The number of hydrogen-bond donors (Lipinski definition) is 1. The van der Waals surface area contributed by atoms with Crippen LogP contribution in [0.2, 0.25) is 0 Å². The van der Waals surface area contributed by atoms with Gasteiger partial charge in [0.2, 0.25) is 11.8 Å². The molecule has 1 aliphatic heterocycles. The molecule has 0 spiro atoms. The SMILES string of the molecule is Cc1cnc(OCC(C)(C)C(=O)NC2CCN(C)CC2)c(C(F)(F)F)c1. The number of carbonyl (C=O) groups is 1. The predicted molar refractivity (Wildman–Crippen MR) is 91.9 cm³/mol. The number of amides is 1. The predicted octanol–water partition coefficient (Wildman–Crippen LogP) is 3.02. The van der Waals surface area contributed by atoms with E-state index in [-0.39, 0.29) is 18.6 Å². The zero-order chi connectivity index (χ0) is 19.5. The summed E-state index contributed by atoms with van der Waals surface area (Å²) in [4.78, 5) is 18.5. The lowest BCUT2D eigenvalue weighted by Gasteiger charge is -2.32. The van der Waals surface area contributed by atoms with Crippen LogP contribution < -0.4 is 10.1 Å². The molecule has 1 amide bonds. The Balaban J connectivity index is 2.00. The molecule has 2 heterocycles. The average molecular weight is 373 g/mol. The molecule has 1 saturated heterocycles. The first-order valence-electron chi connectivity index (χ1n) is 8.65. The second-order valence-electron chi connectivity index (χ2n) is 7.59. The van der Waals surface area contributed by atoms with Gasteiger partial charge in [0.05, 0.1) is 5.41 Å². The molecule has 0 radical (unpaired) electrons. The van der Waals surface area contributed by atoms with Crippen LogP contribution in [0.15, 0.2) is 12.3 Å². The van der Waals surface area contributed by atoms with Crippen molar-refractivity contribution in [2.75, 3.05) is 26.7 Å². The first-order chi connectivity index (χ1) is 12.0. The maximum absolute atomic E-state index is 13.1. The third kappa shape index (κ3) is 5.33. The van der Waals surface area contributed by atoms with E-state index in [1.165, 1.54) is 13.1 Å². The molecule has 5 nitrogen and oxygen atoms in total. The van der Waals surface area contributed by atoms with Crippen molar-refractivity contribution in [1.29, 1.82) is 0 Å². The van der Waals surface area contributed by atoms with Gasteiger partial charge in [-0.05, 0) is 65.4 Å². The first-order valence-corrected chi connectivity index (χ1v) is 8.65. The number of alkyl halides is 3. The van der Waals surface area contributed by atoms with Crippen molar-refractivity contribution >= 4 is 5.91 Å². The topological polar surface area (TPSA) is 54.5 Å². The van der Waals surface area contributed by atoms with E-state index >= 15 is 0 Å². The number of ether oxygens (including phenoxy) is 1. The number of nitrogens with zero attached hydrogens (tertiary/aromatic N) is 2. The average Bonchev–Trinajstić information content (AvgIpc) is 2.55. The molecule has 8 heteroatoms. The fraction of sp³-hybridized carbons (Fsp3) is 0.667. The van der Waals surface area contributed by atoms with Crippen LogP contribution in [-0.4, -0.2) is 48.6 Å². The summed E-state index contributed by atoms with van der Waals surface area (Å²) in [6.45, 7) is 6.46. The molecular formula is C18H26F3N3O2. The highest BCUT2D eigenvalue weighted by Gasteiger charge is 2.37. The number of aromatic nitrogens is 1. The first kappa shape index (κ1) is 20.5. The van der Waals surface area contributed by atoms with Crippen molar-refractivity contribution in [2.24, 2.45) is 5.41 Å². The minimum atomic E-state index is -4.56. The van der Waals surface area contributed by atoms with Gasteiger partial charge >= 0.3 is 6.18 Å². The quantitative estimate of drug-likeness (QED) is 0.862. The van der Waals surface area contributed by atoms with Crippen molar-refractivity contribution in [1.82, 2.24) is 15.2 Å². The molecule has 0 atom stereocenters. The zero-order valence-corrected chi connectivity index (χ0v) is 15.6. The van der Waals surface area contributed by atoms with E-state index in [2.05, 4.69) is 15.2 Å². The Kier molecular flexibility index (Phi) is 6.16. The smallest absolute Gasteiger partial charge is 0.421 e. The summed E-state index contributed by atoms with van der Waals surface area (Å²) in [5, 5.41) is 2.98. The molecule has 26 heavy (non-hydrogen) atoms. The summed E-state index contributed by atoms with van der Waals surface area (Å²) in [5.41, 5.74) is -1.51. The molecule has 2 rings (SSSR count). The molecular weight excluding hydrogens is 347 g/mol. The molecule has 1 aromatic rings. The largest absolute Gasteiger partial charge is 0.476 e. The van der Waals surface area contributed by atoms with Crippen LogP contribution in [0.4, 0.5) is 13.2 Å². The van der Waals surface area contributed by atoms with Gasteiger partial charge in [-0.15, -0.1) is 0 Å². The standard InChI is InChI=1S/C18H26F3N3O2/c1-12-9-14(18(19,20)21)15(22-10-12)26-11-17(2,3)16(25)23-13-5-7-24(4)8-6-13/h9-10,13H,5-8,11H2,1-4H3,(H,23,25). The van der Waals surface area contributed by atoms with Gasteiger partial charge < -0.3 is 15.0 Å². The number of hydrogen-bond acceptors (Lipinski definition) is 4. The van der Waals surface area contributed by atoms with Gasteiger partial charge in [0.25, 0.3) is 0 Å².